The van der Waals surface area contributed by atoms with Crippen molar-refractivity contribution in [1.29, 1.82) is 0 Å². The molecule has 0 bridgehead atoms. The number of nitrogens with one attached hydrogen (secondary N) is 1. The van der Waals surface area contributed by atoms with Gasteiger partial charge in [-0.25, -0.2) is 19.0 Å². The summed E-state index contributed by atoms with van der Waals surface area (Å²) in [6, 6.07) is 6.04. The van der Waals surface area contributed by atoms with E-state index in [1.165, 1.54) is 18.5 Å². The van der Waals surface area contributed by atoms with Gasteiger partial charge in [0.2, 0.25) is 5.91 Å². The van der Waals surface area contributed by atoms with Gasteiger partial charge in [0.05, 0.1) is 11.4 Å². The molecule has 0 radical (unpaired) electrons. The fourth-order valence-electron chi connectivity index (χ4n) is 3.80. The number of fused-ring (bicyclic) bond motifs is 1. The number of nitrogen functional groups attached to an aromatic ring is 1. The lowest BCUT2D eigenvalue weighted by Crippen LogP contribution is -2.40. The van der Waals surface area contributed by atoms with Crippen LogP contribution in [0, 0.1) is 17.7 Å². The molecule has 2 aromatic heterocycles. The number of rotatable bonds is 4. The predicted molar refractivity (Wildman–Crippen MR) is 120 cm³/mol. The standard InChI is InChI=1S/C23H22FN7O2/c1-2-20(33)30-11-5-7-16(13-30)31-23-21(22(25)27-14-28-23)18(29-31)9-10-19(32)26-12-15-6-3-4-8-17(15)24/h2-4,6,8,14,16H,1,5,7,11-13H2,(H,26,32)(H2,25,27,28)/t16-/m1/s1. The molecule has 168 valence electrons. The van der Waals surface area contributed by atoms with Crippen LogP contribution in [0.1, 0.15) is 30.1 Å². The van der Waals surface area contributed by atoms with Gasteiger partial charge in [0.15, 0.2) is 5.65 Å². The van der Waals surface area contributed by atoms with E-state index in [4.69, 9.17) is 5.73 Å². The van der Waals surface area contributed by atoms with Gasteiger partial charge in [-0.15, -0.1) is 0 Å². The highest BCUT2D eigenvalue weighted by molar-refractivity contribution is 5.96. The number of nitrogens with zero attached hydrogens (tertiary/aromatic N) is 5. The van der Waals surface area contributed by atoms with Crippen LogP contribution in [0.4, 0.5) is 10.2 Å². The molecule has 3 N–H and O–H groups in total. The van der Waals surface area contributed by atoms with Crippen molar-refractivity contribution in [1.82, 2.24) is 30.0 Å². The molecule has 2 amide bonds. The highest BCUT2D eigenvalue weighted by atomic mass is 19.1. The molecule has 1 aliphatic heterocycles. The molecule has 1 aliphatic rings. The van der Waals surface area contributed by atoms with E-state index in [1.807, 2.05) is 0 Å². The second-order valence-corrected chi connectivity index (χ2v) is 7.56. The van der Waals surface area contributed by atoms with E-state index in [0.29, 0.717) is 29.7 Å². The molecule has 3 heterocycles. The number of carbonyl (C=O) groups excluding carboxylic acids is 2. The van der Waals surface area contributed by atoms with E-state index in [1.54, 1.807) is 27.8 Å². The summed E-state index contributed by atoms with van der Waals surface area (Å²) in [7, 11) is 0. The molecule has 0 saturated carbocycles. The number of carbonyl (C=O) groups is 2. The van der Waals surface area contributed by atoms with E-state index in [2.05, 4.69) is 38.8 Å². The topological polar surface area (TPSA) is 119 Å². The molecule has 9 nitrogen and oxygen atoms in total. The Bertz CT molecular complexity index is 1290. The van der Waals surface area contributed by atoms with Crippen LogP contribution in [-0.2, 0) is 16.1 Å². The smallest absolute Gasteiger partial charge is 0.296 e. The van der Waals surface area contributed by atoms with Gasteiger partial charge < -0.3 is 16.0 Å². The predicted octanol–water partition coefficient (Wildman–Crippen LogP) is 1.56. The summed E-state index contributed by atoms with van der Waals surface area (Å²) >= 11 is 0. The number of likely N-dealkylation sites (tertiary alicyclic amines) is 1. The summed E-state index contributed by atoms with van der Waals surface area (Å²) in [6.07, 6.45) is 4.22. The van der Waals surface area contributed by atoms with Crippen molar-refractivity contribution in [2.75, 3.05) is 18.8 Å². The minimum absolute atomic E-state index is 0.00979. The van der Waals surface area contributed by atoms with Crippen LogP contribution in [0.5, 0.6) is 0 Å². The Morgan fingerprint density at radius 2 is 2.15 bits per heavy atom. The van der Waals surface area contributed by atoms with Gasteiger partial charge in [-0.3, -0.25) is 9.59 Å². The Hall–Kier alpha value is -4.26. The SMILES string of the molecule is C=CC(=O)N1CCC[C@@H](n2nc(C#CC(=O)NCc3ccccc3F)c3c(N)ncnc32)C1. The number of anilines is 1. The molecule has 0 aliphatic carbocycles. The number of nitrogens with two attached hydrogens (primary N) is 1. The third-order valence-electron chi connectivity index (χ3n) is 5.44. The Kier molecular flexibility index (Phi) is 6.31. The molecule has 0 spiro atoms. The quantitative estimate of drug-likeness (QED) is 0.463. The fraction of sp³-hybridized carbons (Fsp3) is 0.261. The van der Waals surface area contributed by atoms with E-state index in [9.17, 15) is 14.0 Å². The van der Waals surface area contributed by atoms with E-state index >= 15 is 0 Å². The average Bonchev–Trinajstić information content (AvgIpc) is 3.22. The van der Waals surface area contributed by atoms with Crippen molar-refractivity contribution in [3.8, 4) is 11.8 Å². The zero-order chi connectivity index (χ0) is 23.4. The number of benzene rings is 1. The molecule has 3 aromatic rings. The first-order valence-corrected chi connectivity index (χ1v) is 10.4. The molecular formula is C23H22FN7O2. The first-order valence-electron chi connectivity index (χ1n) is 10.4. The van der Waals surface area contributed by atoms with Gasteiger partial charge in [0, 0.05) is 31.1 Å². The van der Waals surface area contributed by atoms with Crippen molar-refractivity contribution in [3.05, 3.63) is 60.3 Å². The third kappa shape index (κ3) is 4.67. The molecule has 1 fully saturated rings. The van der Waals surface area contributed by atoms with Crippen LogP contribution in [-0.4, -0.2) is 49.6 Å². The fourth-order valence-corrected chi connectivity index (χ4v) is 3.80. The number of aromatic nitrogens is 4. The van der Waals surface area contributed by atoms with Crippen LogP contribution in [0.25, 0.3) is 11.0 Å². The lowest BCUT2D eigenvalue weighted by Gasteiger charge is -2.32. The molecule has 33 heavy (non-hydrogen) atoms. The van der Waals surface area contributed by atoms with Gasteiger partial charge in [-0.1, -0.05) is 24.8 Å². The van der Waals surface area contributed by atoms with E-state index < -0.39 is 11.7 Å². The van der Waals surface area contributed by atoms with Crippen molar-refractivity contribution in [2.45, 2.75) is 25.4 Å². The van der Waals surface area contributed by atoms with Crippen molar-refractivity contribution >= 4 is 28.7 Å². The second-order valence-electron chi connectivity index (χ2n) is 7.56. The zero-order valence-electron chi connectivity index (χ0n) is 17.8. The zero-order valence-corrected chi connectivity index (χ0v) is 17.8. The lowest BCUT2D eigenvalue weighted by atomic mass is 10.1. The Morgan fingerprint density at radius 3 is 2.94 bits per heavy atom. The minimum atomic E-state index is -0.586. The highest BCUT2D eigenvalue weighted by Crippen LogP contribution is 2.28. The van der Waals surface area contributed by atoms with Gasteiger partial charge >= 0.3 is 0 Å². The average molecular weight is 447 g/mol. The molecule has 1 saturated heterocycles. The van der Waals surface area contributed by atoms with Crippen molar-refractivity contribution < 1.29 is 14.0 Å². The van der Waals surface area contributed by atoms with Crippen molar-refractivity contribution in [2.24, 2.45) is 0 Å². The van der Waals surface area contributed by atoms with Crippen LogP contribution < -0.4 is 11.1 Å². The monoisotopic (exact) mass is 447 g/mol. The number of hydrogen-bond donors (Lipinski definition) is 2. The number of amides is 2. The van der Waals surface area contributed by atoms with Gasteiger partial charge in [0.1, 0.15) is 23.7 Å². The van der Waals surface area contributed by atoms with E-state index in [-0.39, 0.29) is 30.0 Å². The number of halogens is 1. The van der Waals surface area contributed by atoms with Gasteiger partial charge in [-0.2, -0.15) is 5.10 Å². The summed E-state index contributed by atoms with van der Waals surface area (Å²) in [5, 5.41) is 7.56. The lowest BCUT2D eigenvalue weighted by molar-refractivity contribution is -0.127. The molecule has 4 rings (SSSR count). The van der Waals surface area contributed by atoms with Gasteiger partial charge in [-0.05, 0) is 30.9 Å². The summed E-state index contributed by atoms with van der Waals surface area (Å²) in [5.74, 6) is 4.27. The first-order chi connectivity index (χ1) is 16.0. The Balaban J connectivity index is 1.59. The third-order valence-corrected chi connectivity index (χ3v) is 5.44. The first kappa shape index (κ1) is 22.0. The highest BCUT2D eigenvalue weighted by Gasteiger charge is 2.27. The number of piperidine rings is 1. The number of hydrogen-bond acceptors (Lipinski definition) is 6. The van der Waals surface area contributed by atoms with Crippen LogP contribution in [0.2, 0.25) is 0 Å². The Labute approximate surface area is 189 Å². The van der Waals surface area contributed by atoms with Crippen LogP contribution >= 0.6 is 0 Å². The molecular weight excluding hydrogens is 425 g/mol. The largest absolute Gasteiger partial charge is 0.383 e. The minimum Gasteiger partial charge on any atom is -0.383 e. The summed E-state index contributed by atoms with van der Waals surface area (Å²) in [4.78, 5) is 34.3. The van der Waals surface area contributed by atoms with Crippen LogP contribution in [0.15, 0.2) is 43.2 Å². The summed E-state index contributed by atoms with van der Waals surface area (Å²) < 4.78 is 15.4. The van der Waals surface area contributed by atoms with E-state index in [0.717, 1.165) is 12.8 Å². The summed E-state index contributed by atoms with van der Waals surface area (Å²) in [5.41, 5.74) is 7.16. The molecule has 0 unspecified atom stereocenters. The normalized spacial score (nSPS) is 15.5. The summed E-state index contributed by atoms with van der Waals surface area (Å²) in [6.45, 7) is 4.65. The van der Waals surface area contributed by atoms with Crippen LogP contribution in [0.3, 0.4) is 0 Å². The van der Waals surface area contributed by atoms with Crippen molar-refractivity contribution in [3.63, 3.8) is 0 Å². The maximum atomic E-state index is 13.7. The molecule has 1 atom stereocenters. The van der Waals surface area contributed by atoms with Gasteiger partial charge in [0.25, 0.3) is 5.91 Å². The second kappa shape index (κ2) is 9.48. The molecule has 1 aromatic carbocycles. The Morgan fingerprint density at radius 1 is 1.33 bits per heavy atom. The maximum absolute atomic E-state index is 13.7. The molecule has 10 heteroatoms. The maximum Gasteiger partial charge on any atom is 0.296 e.